The van der Waals surface area contributed by atoms with Gasteiger partial charge in [-0.1, -0.05) is 212 Å². The molecule has 1 aromatic heterocycles. The van der Waals surface area contributed by atoms with Gasteiger partial charge in [-0.2, -0.15) is 4.98 Å². The number of aryl methyl sites for hydroxylation is 1. The molecular weight excluding hydrogens is 1220 g/mol. The number of carbonyl (C=O) groups is 3. The minimum Gasteiger partial charge on any atom is -0.459 e. The standard InChI is InChI=1S/C72H79N5O14P2/c1-54-25-24-38-61(45-54)48-82-69(78)62(74-71(79)83-46-55-26-8-2-9-27-55)39-20-22-42-73-70-75-64(76-72(80)84-47-56-28-10-3-11-29-56)41-43-77(70)68-66(91-65-40-21-23-44-81-65)67(92(85-49-57-30-12-4-13-31-57)86-50-58-32-14-5-15-33-58)63(90-68)53-89-93(87-51-59-34-16-6-17-35-59)88-52-60-36-18-7-19-37-60/h2-19,24-38,41,43,45,62-63,65-68H,20-23,39-40,42,44,46-53H2,1H3,(H,74,79)(H,73,75,76,80)/t62-,63+,65?,66+,67+,68+/m0/s1. The number of benzene rings is 7. The summed E-state index contributed by atoms with van der Waals surface area (Å²) in [7, 11) is -3.95. The zero-order valence-electron chi connectivity index (χ0n) is 52.0. The molecule has 21 heteroatoms. The second kappa shape index (κ2) is 37.0. The number of nitrogens with zero attached hydrogens (tertiary/aromatic N) is 3. The average molecular weight is 1300 g/mol. The number of nitrogens with one attached hydrogen (secondary N) is 2. The molecule has 0 spiro atoms. The molecule has 486 valence electrons. The van der Waals surface area contributed by atoms with E-state index in [1.54, 1.807) is 16.8 Å². The lowest BCUT2D eigenvalue weighted by Gasteiger charge is -2.34. The summed E-state index contributed by atoms with van der Waals surface area (Å²) >= 11 is 0. The van der Waals surface area contributed by atoms with Gasteiger partial charge in [0.1, 0.15) is 37.8 Å². The maximum absolute atomic E-state index is 13.9. The molecule has 19 nitrogen and oxygen atoms in total. The highest BCUT2D eigenvalue weighted by atomic mass is 31.2. The lowest BCUT2D eigenvalue weighted by molar-refractivity contribution is -0.205. The van der Waals surface area contributed by atoms with Crippen molar-refractivity contribution >= 4 is 41.0 Å². The van der Waals surface area contributed by atoms with Crippen molar-refractivity contribution in [3.8, 4) is 0 Å². The molecule has 0 bridgehead atoms. The van der Waals surface area contributed by atoms with Gasteiger partial charge in [0.15, 0.2) is 20.9 Å². The zero-order valence-corrected chi connectivity index (χ0v) is 53.8. The number of hydrogen-bond acceptors (Lipinski definition) is 16. The summed E-state index contributed by atoms with van der Waals surface area (Å²) < 4.78 is 73.5. The van der Waals surface area contributed by atoms with Gasteiger partial charge in [0.2, 0.25) is 5.62 Å². The van der Waals surface area contributed by atoms with Gasteiger partial charge in [-0.3, -0.25) is 14.9 Å². The number of aromatic nitrogens is 2. The van der Waals surface area contributed by atoms with Crippen molar-refractivity contribution in [3.63, 3.8) is 0 Å². The molecule has 6 atom stereocenters. The number of esters is 1. The molecule has 0 saturated carbocycles. The van der Waals surface area contributed by atoms with E-state index in [1.807, 2.05) is 213 Å². The second-order valence-electron chi connectivity index (χ2n) is 22.2. The highest BCUT2D eigenvalue weighted by molar-refractivity contribution is 7.48. The van der Waals surface area contributed by atoms with E-state index in [0.29, 0.717) is 25.9 Å². The van der Waals surface area contributed by atoms with E-state index in [0.717, 1.165) is 57.3 Å². The Morgan fingerprint density at radius 1 is 0.581 bits per heavy atom. The molecule has 2 amide bonds. The predicted molar refractivity (Wildman–Crippen MR) is 352 cm³/mol. The Morgan fingerprint density at radius 2 is 1.10 bits per heavy atom. The van der Waals surface area contributed by atoms with E-state index in [1.165, 1.54) is 0 Å². The van der Waals surface area contributed by atoms with Crippen molar-refractivity contribution in [1.82, 2.24) is 14.9 Å². The fourth-order valence-electron chi connectivity index (χ4n) is 10.3. The van der Waals surface area contributed by atoms with Crippen molar-refractivity contribution in [1.29, 1.82) is 0 Å². The number of hydrogen-bond donors (Lipinski definition) is 2. The lowest BCUT2D eigenvalue weighted by Crippen LogP contribution is -2.42. The van der Waals surface area contributed by atoms with Gasteiger partial charge in [-0.05, 0) is 90.5 Å². The van der Waals surface area contributed by atoms with E-state index >= 15 is 0 Å². The van der Waals surface area contributed by atoms with Crippen LogP contribution in [0.25, 0.3) is 0 Å². The molecule has 2 aliphatic rings. The van der Waals surface area contributed by atoms with Crippen LogP contribution in [0, 0.1) is 6.92 Å². The van der Waals surface area contributed by atoms with Gasteiger partial charge in [0, 0.05) is 19.3 Å². The molecule has 2 fully saturated rings. The third-order valence-electron chi connectivity index (χ3n) is 15.1. The molecule has 8 aromatic rings. The summed E-state index contributed by atoms with van der Waals surface area (Å²) in [6.07, 6.45) is 0.331. The van der Waals surface area contributed by atoms with Gasteiger partial charge in [-0.15, -0.1) is 0 Å². The third kappa shape index (κ3) is 22.3. The molecule has 7 aromatic carbocycles. The van der Waals surface area contributed by atoms with E-state index in [4.69, 9.17) is 61.0 Å². The number of unbranched alkanes of at least 4 members (excludes halogenated alkanes) is 1. The smallest absolute Gasteiger partial charge is 0.413 e. The highest BCUT2D eigenvalue weighted by Gasteiger charge is 2.53. The minimum atomic E-state index is -2.01. The first-order valence-corrected chi connectivity index (χ1v) is 33.7. The number of rotatable bonds is 33. The van der Waals surface area contributed by atoms with Crippen molar-refractivity contribution < 1.29 is 65.4 Å². The maximum atomic E-state index is 13.9. The predicted octanol–water partition coefficient (Wildman–Crippen LogP) is 14.7. The molecular formula is C72H79N5O14P2. The molecule has 0 radical (unpaired) electrons. The first kappa shape index (κ1) is 67.8. The van der Waals surface area contributed by atoms with Gasteiger partial charge >= 0.3 is 26.8 Å². The Balaban J connectivity index is 0.976. The van der Waals surface area contributed by atoms with Crippen molar-refractivity contribution in [2.75, 3.05) is 25.1 Å². The quantitative estimate of drug-likeness (QED) is 0.0170. The third-order valence-corrected chi connectivity index (χ3v) is 18.0. The minimum absolute atomic E-state index is 0.0118. The molecule has 93 heavy (non-hydrogen) atoms. The monoisotopic (exact) mass is 1300 g/mol. The Bertz CT molecular complexity index is 3500. The fraction of sp³-hybridized carbons (Fsp3) is 0.319. The van der Waals surface area contributed by atoms with Gasteiger partial charge in [0.25, 0.3) is 0 Å². The Hall–Kier alpha value is -8.03. The summed E-state index contributed by atoms with van der Waals surface area (Å²) in [6, 6.07) is 66.4. The van der Waals surface area contributed by atoms with Crippen molar-refractivity contribution in [3.05, 3.63) is 269 Å². The van der Waals surface area contributed by atoms with Gasteiger partial charge in [-0.25, -0.2) is 14.4 Å². The summed E-state index contributed by atoms with van der Waals surface area (Å²) in [6.45, 7) is 3.50. The lowest BCUT2D eigenvalue weighted by atomic mass is 10.1. The number of anilines is 1. The van der Waals surface area contributed by atoms with Crippen LogP contribution in [-0.2, 0) is 102 Å². The van der Waals surface area contributed by atoms with Crippen LogP contribution < -0.4 is 16.3 Å². The molecule has 0 aliphatic carbocycles. The van der Waals surface area contributed by atoms with Gasteiger partial charge in [0.05, 0.1) is 44.8 Å². The normalized spacial score (nSPS) is 17.6. The van der Waals surface area contributed by atoms with E-state index in [9.17, 15) is 14.4 Å². The molecule has 2 N–H and O–H groups in total. The van der Waals surface area contributed by atoms with Crippen molar-refractivity contribution in [2.24, 2.45) is 4.99 Å². The molecule has 10 rings (SSSR count). The Kier molecular flexibility index (Phi) is 27.0. The van der Waals surface area contributed by atoms with Crippen LogP contribution in [0.5, 0.6) is 0 Å². The van der Waals surface area contributed by atoms with E-state index in [-0.39, 0.29) is 77.3 Å². The van der Waals surface area contributed by atoms with Crippen LogP contribution in [0.1, 0.15) is 89.3 Å². The average Bonchev–Trinajstić information content (AvgIpc) is 1.64. The van der Waals surface area contributed by atoms with Crippen LogP contribution in [0.2, 0.25) is 0 Å². The largest absolute Gasteiger partial charge is 0.459 e. The fourth-order valence-corrected chi connectivity index (χ4v) is 13.1. The summed E-state index contributed by atoms with van der Waals surface area (Å²) in [5.41, 5.74) is 6.67. The zero-order chi connectivity index (χ0) is 64.1. The van der Waals surface area contributed by atoms with Crippen LogP contribution in [-0.4, -0.2) is 77.7 Å². The Labute approximate surface area is 545 Å². The number of amides is 2. The molecule has 2 saturated heterocycles. The second-order valence-corrected chi connectivity index (χ2v) is 25.1. The molecule has 2 aliphatic heterocycles. The number of carbonyl (C=O) groups excluding carboxylic acids is 3. The van der Waals surface area contributed by atoms with Crippen LogP contribution in [0.15, 0.2) is 224 Å². The summed E-state index contributed by atoms with van der Waals surface area (Å²) in [4.78, 5) is 50.8. The van der Waals surface area contributed by atoms with Crippen LogP contribution >= 0.6 is 17.0 Å². The van der Waals surface area contributed by atoms with E-state index < -0.39 is 71.6 Å². The maximum Gasteiger partial charge on any atom is 0.413 e. The Morgan fingerprint density at radius 3 is 1.63 bits per heavy atom. The number of ether oxygens (including phenoxy) is 6. The first-order valence-electron chi connectivity index (χ1n) is 31.3. The first-order chi connectivity index (χ1) is 45.7. The SMILES string of the molecule is Cc1cccc(COC(=O)[C@H](CCCC/N=c2\nc(NC(=O)OCc3ccccc3)ccn2[C@@H]2O[C@H](COP(OCc3ccccc3)OCc3ccccc3)[C@@H](P(OCc3ccccc3)OCc3ccccc3)[C@H]2OC2CCCCO2)NC(=O)OCc2ccccc2)c1. The van der Waals surface area contributed by atoms with Crippen molar-refractivity contribution in [2.45, 2.75) is 128 Å². The highest BCUT2D eigenvalue weighted by Crippen LogP contribution is 2.56. The van der Waals surface area contributed by atoms with Gasteiger partial charge < -0.3 is 56.4 Å². The van der Waals surface area contributed by atoms with E-state index in [2.05, 4.69) is 10.6 Å². The number of alkyl carbamates (subject to hydrolysis) is 1. The van der Waals surface area contributed by atoms with Crippen LogP contribution in [0.4, 0.5) is 15.4 Å². The molecule has 3 heterocycles. The van der Waals surface area contributed by atoms with Crippen LogP contribution in [0.3, 0.4) is 0 Å². The topological polar surface area (TPSA) is 207 Å². The molecule has 1 unspecified atom stereocenters. The summed E-state index contributed by atoms with van der Waals surface area (Å²) in [5.74, 6) is -0.461. The summed E-state index contributed by atoms with van der Waals surface area (Å²) in [5, 5.41) is 5.55.